The molecule has 126 valence electrons. The van der Waals surface area contributed by atoms with Gasteiger partial charge in [0.05, 0.1) is 11.3 Å². The zero-order valence-electron chi connectivity index (χ0n) is 13.6. The van der Waals surface area contributed by atoms with Gasteiger partial charge in [-0.15, -0.1) is 0 Å². The third-order valence-electron chi connectivity index (χ3n) is 5.38. The van der Waals surface area contributed by atoms with Gasteiger partial charge in [0.25, 0.3) is 0 Å². The number of aliphatic carboxylic acids is 1. The molecule has 5 heteroatoms. The van der Waals surface area contributed by atoms with Gasteiger partial charge in [0.15, 0.2) is 0 Å². The minimum atomic E-state index is -0.700. The topological polar surface area (TPSA) is 75.6 Å². The van der Waals surface area contributed by atoms with Gasteiger partial charge in [0.2, 0.25) is 5.91 Å². The highest BCUT2D eigenvalue weighted by molar-refractivity contribution is 5.83. The van der Waals surface area contributed by atoms with Crippen LogP contribution in [-0.4, -0.2) is 36.2 Å². The summed E-state index contributed by atoms with van der Waals surface area (Å²) < 4.78 is 5.46. The van der Waals surface area contributed by atoms with Gasteiger partial charge < -0.3 is 15.2 Å². The number of carboxylic acids is 1. The second-order valence-corrected chi connectivity index (χ2v) is 6.79. The Hall–Kier alpha value is -1.10. The van der Waals surface area contributed by atoms with Gasteiger partial charge in [0.1, 0.15) is 0 Å². The zero-order chi connectivity index (χ0) is 16.0. The third-order valence-corrected chi connectivity index (χ3v) is 5.38. The largest absolute Gasteiger partial charge is 0.481 e. The van der Waals surface area contributed by atoms with Crippen molar-refractivity contribution in [1.29, 1.82) is 0 Å². The average molecular weight is 311 g/mol. The summed E-state index contributed by atoms with van der Waals surface area (Å²) >= 11 is 0. The molecule has 0 aromatic heterocycles. The molecule has 0 aromatic rings. The fraction of sp³-hybridized carbons (Fsp3) is 0.882. The number of ether oxygens (including phenoxy) is 1. The summed E-state index contributed by atoms with van der Waals surface area (Å²) in [5, 5.41) is 12.2. The summed E-state index contributed by atoms with van der Waals surface area (Å²) in [6, 6.07) is 0.146. The quantitative estimate of drug-likeness (QED) is 0.709. The van der Waals surface area contributed by atoms with Crippen molar-refractivity contribution in [3.63, 3.8) is 0 Å². The molecule has 0 bridgehead atoms. The number of carboxylic acid groups (broad SMARTS) is 1. The van der Waals surface area contributed by atoms with Gasteiger partial charge in [-0.2, -0.15) is 0 Å². The summed E-state index contributed by atoms with van der Waals surface area (Å²) in [6.07, 6.45) is 7.85. The van der Waals surface area contributed by atoms with Crippen molar-refractivity contribution in [2.24, 2.45) is 11.3 Å². The predicted octanol–water partition coefficient (Wildman–Crippen LogP) is 2.73. The first-order chi connectivity index (χ1) is 10.6. The summed E-state index contributed by atoms with van der Waals surface area (Å²) in [4.78, 5) is 23.8. The molecule has 0 aromatic carbocycles. The van der Waals surface area contributed by atoms with Crippen LogP contribution in [0.2, 0.25) is 0 Å². The van der Waals surface area contributed by atoms with E-state index in [2.05, 4.69) is 5.32 Å². The van der Waals surface area contributed by atoms with E-state index in [1.807, 2.05) is 6.92 Å². The standard InChI is InChI=1S/C17H29NO4/c1-2-22-12-11-17(9-3-4-10-17)16(21)18-14-7-5-13(6-8-14)15(19)20/h13-14H,2-12H2,1H3,(H,18,21)(H,19,20). The fourth-order valence-corrected chi connectivity index (χ4v) is 3.88. The molecule has 0 heterocycles. The fourth-order valence-electron chi connectivity index (χ4n) is 3.88. The zero-order valence-corrected chi connectivity index (χ0v) is 13.6. The predicted molar refractivity (Wildman–Crippen MR) is 83.5 cm³/mol. The second kappa shape index (κ2) is 7.95. The van der Waals surface area contributed by atoms with Crippen LogP contribution in [0.1, 0.15) is 64.7 Å². The molecule has 0 radical (unpaired) electrons. The van der Waals surface area contributed by atoms with E-state index in [4.69, 9.17) is 9.84 Å². The summed E-state index contributed by atoms with van der Waals surface area (Å²) in [6.45, 7) is 3.31. The summed E-state index contributed by atoms with van der Waals surface area (Å²) in [5.74, 6) is -0.760. The van der Waals surface area contributed by atoms with Gasteiger partial charge in [-0.3, -0.25) is 9.59 Å². The Balaban J connectivity index is 1.85. The number of hydrogen-bond acceptors (Lipinski definition) is 3. The van der Waals surface area contributed by atoms with Crippen molar-refractivity contribution in [2.75, 3.05) is 13.2 Å². The molecule has 2 rings (SSSR count). The maximum absolute atomic E-state index is 12.8. The van der Waals surface area contributed by atoms with E-state index in [0.29, 0.717) is 26.1 Å². The Bertz CT molecular complexity index is 382. The average Bonchev–Trinajstić information content (AvgIpc) is 2.98. The van der Waals surface area contributed by atoms with E-state index in [0.717, 1.165) is 44.9 Å². The number of carbonyl (C=O) groups is 2. The van der Waals surface area contributed by atoms with Crippen LogP contribution in [-0.2, 0) is 14.3 Å². The number of carbonyl (C=O) groups excluding carboxylic acids is 1. The molecule has 0 saturated heterocycles. The molecule has 0 unspecified atom stereocenters. The van der Waals surface area contributed by atoms with Crippen LogP contribution in [0.4, 0.5) is 0 Å². The first-order valence-corrected chi connectivity index (χ1v) is 8.69. The van der Waals surface area contributed by atoms with Gasteiger partial charge in [-0.25, -0.2) is 0 Å². The Labute approximate surface area is 132 Å². The Morgan fingerprint density at radius 2 is 1.82 bits per heavy atom. The van der Waals surface area contributed by atoms with E-state index in [-0.39, 0.29) is 23.3 Å². The van der Waals surface area contributed by atoms with Gasteiger partial charge in [-0.1, -0.05) is 12.8 Å². The van der Waals surface area contributed by atoms with Crippen LogP contribution in [0.5, 0.6) is 0 Å². The van der Waals surface area contributed by atoms with Gasteiger partial charge >= 0.3 is 5.97 Å². The molecule has 0 aliphatic heterocycles. The van der Waals surface area contributed by atoms with E-state index in [1.165, 1.54) is 0 Å². The van der Waals surface area contributed by atoms with E-state index in [1.54, 1.807) is 0 Å². The molecule has 1 amide bonds. The summed E-state index contributed by atoms with van der Waals surface area (Å²) in [7, 11) is 0. The van der Waals surface area contributed by atoms with Crippen molar-refractivity contribution >= 4 is 11.9 Å². The lowest BCUT2D eigenvalue weighted by atomic mass is 9.80. The first-order valence-electron chi connectivity index (χ1n) is 8.69. The van der Waals surface area contributed by atoms with E-state index < -0.39 is 5.97 Å². The maximum atomic E-state index is 12.8. The molecule has 2 N–H and O–H groups in total. The first kappa shape index (κ1) is 17.3. The molecule has 0 spiro atoms. The molecule has 22 heavy (non-hydrogen) atoms. The lowest BCUT2D eigenvalue weighted by Crippen LogP contribution is -2.46. The lowest BCUT2D eigenvalue weighted by molar-refractivity contribution is -0.143. The molecule has 2 fully saturated rings. The van der Waals surface area contributed by atoms with E-state index >= 15 is 0 Å². The van der Waals surface area contributed by atoms with E-state index in [9.17, 15) is 9.59 Å². The second-order valence-electron chi connectivity index (χ2n) is 6.79. The van der Waals surface area contributed by atoms with Crippen molar-refractivity contribution in [3.8, 4) is 0 Å². The lowest BCUT2D eigenvalue weighted by Gasteiger charge is -2.33. The third kappa shape index (κ3) is 4.22. The van der Waals surface area contributed by atoms with Crippen LogP contribution >= 0.6 is 0 Å². The Kier molecular flexibility index (Phi) is 6.24. The number of hydrogen-bond donors (Lipinski definition) is 2. The molecule has 2 aliphatic carbocycles. The van der Waals surface area contributed by atoms with Crippen LogP contribution in [0.15, 0.2) is 0 Å². The monoisotopic (exact) mass is 311 g/mol. The Morgan fingerprint density at radius 1 is 1.18 bits per heavy atom. The van der Waals surface area contributed by atoms with Gasteiger partial charge in [-0.05, 0) is 51.9 Å². The molecule has 2 saturated carbocycles. The molecule has 0 atom stereocenters. The Morgan fingerprint density at radius 3 is 2.36 bits per heavy atom. The van der Waals surface area contributed by atoms with Crippen LogP contribution in [0, 0.1) is 11.3 Å². The molecule has 5 nitrogen and oxygen atoms in total. The SMILES string of the molecule is CCOCCC1(C(=O)NC2CCC(C(=O)O)CC2)CCCC1. The number of amides is 1. The van der Waals surface area contributed by atoms with Crippen molar-refractivity contribution < 1.29 is 19.4 Å². The highest BCUT2D eigenvalue weighted by atomic mass is 16.5. The minimum Gasteiger partial charge on any atom is -0.481 e. The van der Waals surface area contributed by atoms with Crippen LogP contribution in [0.3, 0.4) is 0 Å². The maximum Gasteiger partial charge on any atom is 0.306 e. The molecule has 2 aliphatic rings. The summed E-state index contributed by atoms with van der Waals surface area (Å²) in [5.41, 5.74) is -0.251. The highest BCUT2D eigenvalue weighted by Crippen LogP contribution is 2.41. The van der Waals surface area contributed by atoms with Crippen LogP contribution < -0.4 is 5.32 Å². The normalized spacial score (nSPS) is 27.5. The smallest absolute Gasteiger partial charge is 0.306 e. The number of rotatable bonds is 7. The highest BCUT2D eigenvalue weighted by Gasteiger charge is 2.41. The van der Waals surface area contributed by atoms with Crippen molar-refractivity contribution in [2.45, 2.75) is 70.8 Å². The van der Waals surface area contributed by atoms with Gasteiger partial charge in [0, 0.05) is 19.3 Å². The number of nitrogens with one attached hydrogen (secondary N) is 1. The molecular formula is C17H29NO4. The minimum absolute atomic E-state index is 0.146. The van der Waals surface area contributed by atoms with Crippen LogP contribution in [0.25, 0.3) is 0 Å². The van der Waals surface area contributed by atoms with Crippen molar-refractivity contribution in [1.82, 2.24) is 5.32 Å². The van der Waals surface area contributed by atoms with Crippen molar-refractivity contribution in [3.05, 3.63) is 0 Å². The molecular weight excluding hydrogens is 282 g/mol.